The highest BCUT2D eigenvalue weighted by atomic mass is 16.3. The molecule has 0 amide bonds. The second kappa shape index (κ2) is 5.36. The molecule has 2 atom stereocenters. The van der Waals surface area contributed by atoms with Gasteiger partial charge in [-0.3, -0.25) is 0 Å². The van der Waals surface area contributed by atoms with Crippen LogP contribution in [0.25, 0.3) is 0 Å². The van der Waals surface area contributed by atoms with E-state index >= 15 is 0 Å². The summed E-state index contributed by atoms with van der Waals surface area (Å²) in [6.07, 6.45) is 0.121. The molecule has 0 aliphatic carbocycles. The fourth-order valence-electron chi connectivity index (χ4n) is 0.871. The lowest BCUT2D eigenvalue weighted by Crippen LogP contribution is -2.29. The SMILES string of the molecule is CCC(N=C(N)N=C(N)N)C(C)O. The molecule has 0 aromatic rings. The highest BCUT2D eigenvalue weighted by Gasteiger charge is 2.10. The van der Waals surface area contributed by atoms with Gasteiger partial charge < -0.3 is 22.3 Å². The lowest BCUT2D eigenvalue weighted by Gasteiger charge is -2.12. The fourth-order valence-corrected chi connectivity index (χ4v) is 0.871. The number of hydrogen-bond donors (Lipinski definition) is 4. The molecular formula is C7H17N5O. The molecule has 0 aromatic heterocycles. The van der Waals surface area contributed by atoms with Gasteiger partial charge in [0, 0.05) is 0 Å². The number of rotatable bonds is 3. The Hall–Kier alpha value is -1.30. The normalized spacial score (nSPS) is 16.4. The van der Waals surface area contributed by atoms with E-state index in [-0.39, 0.29) is 18.0 Å². The fraction of sp³-hybridized carbons (Fsp3) is 0.714. The lowest BCUT2D eigenvalue weighted by molar-refractivity contribution is 0.162. The van der Waals surface area contributed by atoms with Crippen molar-refractivity contribution in [3.05, 3.63) is 0 Å². The average Bonchev–Trinajstić information content (AvgIpc) is 1.98. The van der Waals surface area contributed by atoms with Gasteiger partial charge in [0.2, 0.25) is 5.96 Å². The van der Waals surface area contributed by atoms with Crippen LogP contribution >= 0.6 is 0 Å². The molecule has 0 saturated carbocycles. The Morgan fingerprint density at radius 3 is 2.23 bits per heavy atom. The van der Waals surface area contributed by atoms with E-state index in [1.807, 2.05) is 6.92 Å². The first-order valence-corrected chi connectivity index (χ1v) is 4.08. The van der Waals surface area contributed by atoms with Crippen molar-refractivity contribution in [2.45, 2.75) is 32.4 Å². The van der Waals surface area contributed by atoms with Gasteiger partial charge in [-0.2, -0.15) is 4.99 Å². The molecule has 0 heterocycles. The number of guanidine groups is 2. The summed E-state index contributed by atoms with van der Waals surface area (Å²) in [6.45, 7) is 3.53. The Labute approximate surface area is 77.5 Å². The van der Waals surface area contributed by atoms with Gasteiger partial charge in [0.15, 0.2) is 5.96 Å². The third kappa shape index (κ3) is 5.02. The standard InChI is InChI=1S/C7H17N5O/c1-3-5(4(2)13)11-7(10)12-6(8)9/h4-5,13H,3H2,1-2H3,(H6,8,9,10,11,12). The summed E-state index contributed by atoms with van der Waals surface area (Å²) in [5.41, 5.74) is 15.6. The molecule has 0 aliphatic heterocycles. The van der Waals surface area contributed by atoms with E-state index in [4.69, 9.17) is 17.2 Å². The summed E-state index contributed by atoms with van der Waals surface area (Å²) in [5.74, 6) is -0.144. The topological polar surface area (TPSA) is 123 Å². The smallest absolute Gasteiger partial charge is 0.218 e. The summed E-state index contributed by atoms with van der Waals surface area (Å²) in [5, 5.41) is 9.22. The van der Waals surface area contributed by atoms with Crippen molar-refractivity contribution in [3.63, 3.8) is 0 Å². The third-order valence-corrected chi connectivity index (χ3v) is 1.52. The van der Waals surface area contributed by atoms with Crippen molar-refractivity contribution in [2.24, 2.45) is 27.2 Å². The van der Waals surface area contributed by atoms with Gasteiger partial charge in [-0.1, -0.05) is 6.92 Å². The summed E-state index contributed by atoms with van der Waals surface area (Å²) in [7, 11) is 0. The highest BCUT2D eigenvalue weighted by Crippen LogP contribution is 2.03. The number of nitrogens with zero attached hydrogens (tertiary/aromatic N) is 2. The number of aliphatic hydroxyl groups is 1. The van der Waals surface area contributed by atoms with E-state index < -0.39 is 6.10 Å². The van der Waals surface area contributed by atoms with Crippen molar-refractivity contribution in [1.82, 2.24) is 0 Å². The number of aliphatic hydroxyl groups excluding tert-OH is 1. The number of hydrogen-bond acceptors (Lipinski definition) is 2. The van der Waals surface area contributed by atoms with Crippen LogP contribution in [0.3, 0.4) is 0 Å². The maximum atomic E-state index is 9.22. The molecule has 0 spiro atoms. The molecule has 7 N–H and O–H groups in total. The van der Waals surface area contributed by atoms with Crippen LogP contribution in [-0.2, 0) is 0 Å². The molecule has 0 saturated heterocycles. The predicted octanol–water partition coefficient (Wildman–Crippen LogP) is -1.27. The monoisotopic (exact) mass is 187 g/mol. The Bertz CT molecular complexity index is 207. The van der Waals surface area contributed by atoms with E-state index in [9.17, 15) is 5.11 Å². The average molecular weight is 187 g/mol. The third-order valence-electron chi connectivity index (χ3n) is 1.52. The van der Waals surface area contributed by atoms with Crippen LogP contribution in [0.2, 0.25) is 0 Å². The van der Waals surface area contributed by atoms with E-state index in [0.29, 0.717) is 6.42 Å². The van der Waals surface area contributed by atoms with Gasteiger partial charge in [-0.15, -0.1) is 0 Å². The Morgan fingerprint density at radius 1 is 1.38 bits per heavy atom. The maximum Gasteiger partial charge on any atom is 0.218 e. The zero-order chi connectivity index (χ0) is 10.4. The van der Waals surface area contributed by atoms with E-state index in [1.54, 1.807) is 6.92 Å². The maximum absolute atomic E-state index is 9.22. The molecule has 0 aromatic carbocycles. The van der Waals surface area contributed by atoms with Crippen LogP contribution in [-0.4, -0.2) is 29.2 Å². The minimum absolute atomic E-state index is 0.00671. The second-order valence-electron chi connectivity index (χ2n) is 2.74. The van der Waals surface area contributed by atoms with Gasteiger partial charge >= 0.3 is 0 Å². The summed E-state index contributed by atoms with van der Waals surface area (Å²) in [4.78, 5) is 7.47. The Morgan fingerprint density at radius 2 is 1.92 bits per heavy atom. The highest BCUT2D eigenvalue weighted by molar-refractivity contribution is 5.92. The van der Waals surface area contributed by atoms with E-state index in [2.05, 4.69) is 9.98 Å². The molecule has 0 radical (unpaired) electrons. The lowest BCUT2D eigenvalue weighted by atomic mass is 10.1. The molecule has 2 unspecified atom stereocenters. The van der Waals surface area contributed by atoms with Crippen molar-refractivity contribution in [3.8, 4) is 0 Å². The number of nitrogens with two attached hydrogens (primary N) is 3. The van der Waals surface area contributed by atoms with Gasteiger partial charge in [0.25, 0.3) is 0 Å². The first-order chi connectivity index (χ1) is 5.97. The first-order valence-electron chi connectivity index (χ1n) is 4.08. The molecule has 0 bridgehead atoms. The molecule has 0 rings (SSSR count). The van der Waals surface area contributed by atoms with Crippen LogP contribution in [0.15, 0.2) is 9.98 Å². The van der Waals surface area contributed by atoms with Gasteiger partial charge in [-0.05, 0) is 13.3 Å². The minimum Gasteiger partial charge on any atom is -0.391 e. The molecule has 6 heteroatoms. The van der Waals surface area contributed by atoms with Crippen LogP contribution < -0.4 is 17.2 Å². The zero-order valence-corrected chi connectivity index (χ0v) is 7.94. The van der Waals surface area contributed by atoms with Crippen LogP contribution in [0, 0.1) is 0 Å². The summed E-state index contributed by atoms with van der Waals surface area (Å²) < 4.78 is 0. The molecule has 76 valence electrons. The predicted molar refractivity (Wildman–Crippen MR) is 53.2 cm³/mol. The van der Waals surface area contributed by atoms with Crippen molar-refractivity contribution in [1.29, 1.82) is 0 Å². The molecule has 0 fully saturated rings. The first kappa shape index (κ1) is 11.7. The van der Waals surface area contributed by atoms with Crippen molar-refractivity contribution in [2.75, 3.05) is 0 Å². The van der Waals surface area contributed by atoms with E-state index in [0.717, 1.165) is 0 Å². The summed E-state index contributed by atoms with van der Waals surface area (Å²) >= 11 is 0. The molecule has 13 heavy (non-hydrogen) atoms. The minimum atomic E-state index is -0.558. The van der Waals surface area contributed by atoms with Crippen LogP contribution in [0.5, 0.6) is 0 Å². The summed E-state index contributed by atoms with van der Waals surface area (Å²) in [6, 6.07) is -0.261. The van der Waals surface area contributed by atoms with Crippen LogP contribution in [0.4, 0.5) is 0 Å². The quantitative estimate of drug-likeness (QED) is 0.325. The molecule has 0 aliphatic rings. The molecular weight excluding hydrogens is 170 g/mol. The van der Waals surface area contributed by atoms with Gasteiger partial charge in [0.05, 0.1) is 12.1 Å². The van der Waals surface area contributed by atoms with E-state index in [1.165, 1.54) is 0 Å². The number of aliphatic imine (C=N–C) groups is 2. The Kier molecular flexibility index (Phi) is 4.83. The molecule has 6 nitrogen and oxygen atoms in total. The van der Waals surface area contributed by atoms with Gasteiger partial charge in [-0.25, -0.2) is 4.99 Å². The Balaban J connectivity index is 4.42. The van der Waals surface area contributed by atoms with Crippen molar-refractivity contribution >= 4 is 11.9 Å². The van der Waals surface area contributed by atoms with Crippen LogP contribution in [0.1, 0.15) is 20.3 Å². The zero-order valence-electron chi connectivity index (χ0n) is 7.94. The largest absolute Gasteiger partial charge is 0.391 e. The second-order valence-corrected chi connectivity index (χ2v) is 2.74. The van der Waals surface area contributed by atoms with Gasteiger partial charge in [0.1, 0.15) is 0 Å². The van der Waals surface area contributed by atoms with Crippen molar-refractivity contribution < 1.29 is 5.11 Å².